The Morgan fingerprint density at radius 3 is 2.68 bits per heavy atom. The van der Waals surface area contributed by atoms with E-state index in [0.29, 0.717) is 6.54 Å². The van der Waals surface area contributed by atoms with Gasteiger partial charge in [0, 0.05) is 26.2 Å². The summed E-state index contributed by atoms with van der Waals surface area (Å²) in [5, 5.41) is 0. The van der Waals surface area contributed by atoms with E-state index in [0.717, 1.165) is 17.7 Å². The number of fused-ring (bicyclic) bond motifs is 1. The van der Waals surface area contributed by atoms with Gasteiger partial charge in [0.05, 0.1) is 5.69 Å². The molecule has 5 nitrogen and oxygen atoms in total. The smallest absolute Gasteiger partial charge is 0.410 e. The highest BCUT2D eigenvalue weighted by Gasteiger charge is 2.39. The van der Waals surface area contributed by atoms with E-state index in [1.807, 2.05) is 31.2 Å². The van der Waals surface area contributed by atoms with Crippen LogP contribution in [0.4, 0.5) is 10.5 Å². The highest BCUT2D eigenvalue weighted by molar-refractivity contribution is 6.04. The fourth-order valence-corrected chi connectivity index (χ4v) is 2.12. The third kappa shape index (κ3) is 2.41. The summed E-state index contributed by atoms with van der Waals surface area (Å²) in [5.41, 5.74) is 1.60. The molecule has 0 fully saturated rings. The summed E-state index contributed by atoms with van der Waals surface area (Å²) >= 11 is 0. The lowest BCUT2D eigenvalue weighted by molar-refractivity contribution is -0.126. The van der Waals surface area contributed by atoms with E-state index >= 15 is 0 Å². The Balaban J connectivity index is 2.30. The van der Waals surface area contributed by atoms with Crippen molar-refractivity contribution in [2.45, 2.75) is 19.4 Å². The van der Waals surface area contributed by atoms with Crippen LogP contribution < -0.4 is 4.90 Å². The molecule has 1 atom stereocenters. The lowest BCUT2D eigenvalue weighted by Crippen LogP contribution is -2.33. The van der Waals surface area contributed by atoms with Gasteiger partial charge in [-0.2, -0.15) is 0 Å². The number of carbonyl (C=O) groups excluding carboxylic acids is 2. The highest BCUT2D eigenvalue weighted by atomic mass is 16.6. The quantitative estimate of drug-likeness (QED) is 0.839. The largest absolute Gasteiger partial charge is 0.431 e. The summed E-state index contributed by atoms with van der Waals surface area (Å²) in [4.78, 5) is 27.0. The summed E-state index contributed by atoms with van der Waals surface area (Å²) in [6.07, 6.45) is -0.474. The predicted molar refractivity (Wildman–Crippen MR) is 72.0 cm³/mol. The van der Waals surface area contributed by atoms with Crippen molar-refractivity contribution in [1.29, 1.82) is 0 Å². The monoisotopic (exact) mass is 262 g/mol. The molecule has 0 aromatic heterocycles. The molecule has 1 heterocycles. The van der Waals surface area contributed by atoms with E-state index in [2.05, 4.69) is 0 Å². The second kappa shape index (κ2) is 5.30. The maximum absolute atomic E-state index is 12.3. The van der Waals surface area contributed by atoms with Crippen LogP contribution in [-0.2, 0) is 9.53 Å². The molecule has 1 aromatic carbocycles. The molecule has 1 aliphatic heterocycles. The zero-order valence-corrected chi connectivity index (χ0v) is 11.4. The number of benzene rings is 1. The SMILES string of the molecule is CCCN1C(=O)C(OC(=O)N(C)C)c2ccccc21. The number of hydrogen-bond acceptors (Lipinski definition) is 3. The van der Waals surface area contributed by atoms with Crippen LogP contribution in [0.1, 0.15) is 25.0 Å². The molecule has 1 aliphatic rings. The van der Waals surface area contributed by atoms with Crippen LogP contribution >= 0.6 is 0 Å². The number of anilines is 1. The molecule has 0 saturated carbocycles. The number of hydrogen-bond donors (Lipinski definition) is 0. The second-order valence-electron chi connectivity index (χ2n) is 4.71. The predicted octanol–water partition coefficient (Wildman–Crippen LogP) is 2.18. The Kier molecular flexibility index (Phi) is 3.74. The van der Waals surface area contributed by atoms with Gasteiger partial charge < -0.3 is 14.5 Å². The highest BCUT2D eigenvalue weighted by Crippen LogP contribution is 2.38. The molecule has 102 valence electrons. The third-order valence-electron chi connectivity index (χ3n) is 3.03. The molecule has 2 rings (SSSR count). The van der Waals surface area contributed by atoms with Crippen molar-refractivity contribution < 1.29 is 14.3 Å². The molecule has 1 aromatic rings. The number of rotatable bonds is 3. The number of nitrogens with zero attached hydrogens (tertiary/aromatic N) is 2. The van der Waals surface area contributed by atoms with Crippen LogP contribution in [0.25, 0.3) is 0 Å². The zero-order chi connectivity index (χ0) is 14.0. The van der Waals surface area contributed by atoms with Gasteiger partial charge in [-0.05, 0) is 12.5 Å². The summed E-state index contributed by atoms with van der Waals surface area (Å²) in [6.45, 7) is 2.64. The van der Waals surface area contributed by atoms with Gasteiger partial charge in [-0.15, -0.1) is 0 Å². The molecule has 1 unspecified atom stereocenters. The molecule has 19 heavy (non-hydrogen) atoms. The van der Waals surface area contributed by atoms with E-state index in [1.54, 1.807) is 19.0 Å². The fraction of sp³-hybridized carbons (Fsp3) is 0.429. The number of ether oxygens (including phenoxy) is 1. The average molecular weight is 262 g/mol. The van der Waals surface area contributed by atoms with Crippen molar-refractivity contribution in [3.8, 4) is 0 Å². The fourth-order valence-electron chi connectivity index (χ4n) is 2.12. The minimum atomic E-state index is -0.822. The van der Waals surface area contributed by atoms with Crippen molar-refractivity contribution in [1.82, 2.24) is 4.90 Å². The van der Waals surface area contributed by atoms with E-state index < -0.39 is 12.2 Å². The van der Waals surface area contributed by atoms with Gasteiger partial charge in [0.1, 0.15) is 0 Å². The maximum atomic E-state index is 12.3. The van der Waals surface area contributed by atoms with Gasteiger partial charge in [-0.25, -0.2) is 4.79 Å². The van der Waals surface area contributed by atoms with E-state index in [9.17, 15) is 9.59 Å². The van der Waals surface area contributed by atoms with Crippen LogP contribution in [0.5, 0.6) is 0 Å². The summed E-state index contributed by atoms with van der Waals surface area (Å²) < 4.78 is 5.28. The van der Waals surface area contributed by atoms with Crippen molar-refractivity contribution >= 4 is 17.7 Å². The lowest BCUT2D eigenvalue weighted by atomic mass is 10.1. The maximum Gasteiger partial charge on any atom is 0.410 e. The van der Waals surface area contributed by atoms with Crippen LogP contribution in [0.15, 0.2) is 24.3 Å². The van der Waals surface area contributed by atoms with Gasteiger partial charge in [0.25, 0.3) is 5.91 Å². The Morgan fingerprint density at radius 1 is 1.37 bits per heavy atom. The van der Waals surface area contributed by atoms with E-state index in [1.165, 1.54) is 4.90 Å². The molecule has 0 bridgehead atoms. The van der Waals surface area contributed by atoms with Gasteiger partial charge in [-0.3, -0.25) is 4.79 Å². The molecular weight excluding hydrogens is 244 g/mol. The van der Waals surface area contributed by atoms with Crippen molar-refractivity contribution in [2.24, 2.45) is 0 Å². The first-order chi connectivity index (χ1) is 9.06. The first kappa shape index (κ1) is 13.4. The molecule has 0 aliphatic carbocycles. The molecule has 0 spiro atoms. The summed E-state index contributed by atoms with van der Waals surface area (Å²) in [6, 6.07) is 7.44. The second-order valence-corrected chi connectivity index (χ2v) is 4.71. The van der Waals surface area contributed by atoms with Crippen molar-refractivity contribution in [3.05, 3.63) is 29.8 Å². The molecule has 2 amide bonds. The average Bonchev–Trinajstić information content (AvgIpc) is 2.65. The van der Waals surface area contributed by atoms with Crippen LogP contribution in [0, 0.1) is 0 Å². The van der Waals surface area contributed by atoms with Gasteiger partial charge in [0.2, 0.25) is 6.10 Å². The third-order valence-corrected chi connectivity index (χ3v) is 3.03. The standard InChI is InChI=1S/C14H18N2O3/c1-4-9-16-11-8-6-5-7-10(11)12(13(16)17)19-14(18)15(2)3/h5-8,12H,4,9H2,1-3H3. The summed E-state index contributed by atoms with van der Waals surface area (Å²) in [5.74, 6) is -0.168. The molecule has 0 radical (unpaired) electrons. The van der Waals surface area contributed by atoms with Crippen LogP contribution in [0.2, 0.25) is 0 Å². The zero-order valence-electron chi connectivity index (χ0n) is 11.4. The first-order valence-electron chi connectivity index (χ1n) is 6.34. The molecule has 5 heteroatoms. The van der Waals surface area contributed by atoms with E-state index in [4.69, 9.17) is 4.74 Å². The van der Waals surface area contributed by atoms with Crippen molar-refractivity contribution in [2.75, 3.05) is 25.5 Å². The number of amides is 2. The number of para-hydroxylation sites is 1. The normalized spacial score (nSPS) is 17.3. The molecule has 0 saturated heterocycles. The number of carbonyl (C=O) groups is 2. The minimum Gasteiger partial charge on any atom is -0.431 e. The van der Waals surface area contributed by atoms with Crippen LogP contribution in [-0.4, -0.2) is 37.5 Å². The minimum absolute atomic E-state index is 0.168. The summed E-state index contributed by atoms with van der Waals surface area (Å²) in [7, 11) is 3.19. The topological polar surface area (TPSA) is 49.9 Å². The molecule has 0 N–H and O–H groups in total. The van der Waals surface area contributed by atoms with Gasteiger partial charge >= 0.3 is 6.09 Å². The first-order valence-corrected chi connectivity index (χ1v) is 6.34. The Hall–Kier alpha value is -2.04. The van der Waals surface area contributed by atoms with E-state index in [-0.39, 0.29) is 5.91 Å². The Bertz CT molecular complexity index is 499. The Labute approximate surface area is 112 Å². The van der Waals surface area contributed by atoms with Crippen LogP contribution in [0.3, 0.4) is 0 Å². The Morgan fingerprint density at radius 2 is 2.05 bits per heavy atom. The van der Waals surface area contributed by atoms with Crippen molar-refractivity contribution in [3.63, 3.8) is 0 Å². The van der Waals surface area contributed by atoms with Gasteiger partial charge in [-0.1, -0.05) is 25.1 Å². The van der Waals surface area contributed by atoms with Gasteiger partial charge in [0.15, 0.2) is 0 Å². The molecular formula is C14H18N2O3. The lowest BCUT2D eigenvalue weighted by Gasteiger charge is -2.18.